The molecule has 0 spiro atoms. The van der Waals surface area contributed by atoms with Gasteiger partial charge in [0.05, 0.1) is 9.30 Å². The van der Waals surface area contributed by atoms with E-state index in [9.17, 15) is 4.79 Å². The first-order valence-corrected chi connectivity index (χ1v) is 6.17. The summed E-state index contributed by atoms with van der Waals surface area (Å²) in [5.41, 5.74) is 0.0841. The zero-order valence-corrected chi connectivity index (χ0v) is 11.9. The largest absolute Gasteiger partial charge is 0.382 e. The Morgan fingerprint density at radius 2 is 2.10 bits per heavy atom. The topological polar surface area (TPSA) is 71.8 Å². The van der Waals surface area contributed by atoms with Crippen LogP contribution in [0, 0.1) is 6.92 Å². The maximum atomic E-state index is 12.1. The van der Waals surface area contributed by atoms with E-state index in [1.165, 1.54) is 25.9 Å². The summed E-state index contributed by atoms with van der Waals surface area (Å²) in [4.78, 5) is 15.9. The molecule has 0 radical (unpaired) electrons. The van der Waals surface area contributed by atoms with Crippen LogP contribution >= 0.6 is 0 Å². The van der Waals surface area contributed by atoms with Gasteiger partial charge in [0.15, 0.2) is 6.23 Å². The molecule has 2 heterocycles. The van der Waals surface area contributed by atoms with Crippen molar-refractivity contribution in [2.75, 3.05) is 27.9 Å². The smallest absolute Gasteiger partial charge is 0.349 e. The Kier molecular flexibility index (Phi) is 4.02. The molecule has 1 saturated heterocycles. The molecule has 4 atom stereocenters. The fraction of sp³-hybridized carbons (Fsp3) is 0.692. The maximum absolute atomic E-state index is 12.1. The molecule has 0 aliphatic carbocycles. The fourth-order valence-electron chi connectivity index (χ4n) is 2.27. The van der Waals surface area contributed by atoms with E-state index in [-0.39, 0.29) is 0 Å². The second kappa shape index (κ2) is 6.45. The predicted octanol–water partition coefficient (Wildman–Crippen LogP) is 0.126. The minimum atomic E-state index is -2.09. The van der Waals surface area contributed by atoms with Gasteiger partial charge in [0.25, 0.3) is 0 Å². The molecule has 1 fully saturated rings. The number of hydrogen-bond acceptors (Lipinski definition) is 6. The Bertz CT molecular complexity index is 580. The molecule has 7 nitrogen and oxygen atoms in total. The van der Waals surface area contributed by atoms with Gasteiger partial charge >= 0.3 is 5.69 Å². The van der Waals surface area contributed by atoms with Gasteiger partial charge in [-0.1, -0.05) is 0 Å². The van der Waals surface area contributed by atoms with Crippen LogP contribution in [0.3, 0.4) is 0 Å². The predicted molar refractivity (Wildman–Crippen MR) is 70.6 cm³/mol. The molecule has 1 aromatic rings. The van der Waals surface area contributed by atoms with E-state index in [0.717, 1.165) is 0 Å². The number of hydrogen-bond donors (Lipinski definition) is 0. The first-order chi connectivity index (χ1) is 10.4. The molecule has 1 aliphatic rings. The van der Waals surface area contributed by atoms with Gasteiger partial charge in [0, 0.05) is 33.2 Å². The van der Waals surface area contributed by atoms with Crippen LogP contribution in [-0.4, -0.2) is 55.8 Å². The van der Waals surface area contributed by atoms with Crippen molar-refractivity contribution >= 4 is 0 Å². The third kappa shape index (κ3) is 2.76. The Morgan fingerprint density at radius 1 is 1.40 bits per heavy atom. The van der Waals surface area contributed by atoms with Crippen molar-refractivity contribution in [1.82, 2.24) is 9.55 Å². The molecule has 0 aromatic carbocycles. The van der Waals surface area contributed by atoms with Crippen LogP contribution in [0.15, 0.2) is 17.1 Å². The van der Waals surface area contributed by atoms with Gasteiger partial charge < -0.3 is 18.9 Å². The number of methoxy groups -OCH3 is 3. The number of rotatable bonds is 5. The van der Waals surface area contributed by atoms with Crippen molar-refractivity contribution in [1.29, 1.82) is 0 Å². The van der Waals surface area contributed by atoms with E-state index in [0.29, 0.717) is 5.69 Å². The van der Waals surface area contributed by atoms with Crippen LogP contribution < -0.4 is 5.69 Å². The molecule has 1 aromatic heterocycles. The van der Waals surface area contributed by atoms with E-state index in [2.05, 4.69) is 4.98 Å². The van der Waals surface area contributed by atoms with Gasteiger partial charge in [0.2, 0.25) is 0 Å². The van der Waals surface area contributed by atoms with Crippen LogP contribution in [-0.2, 0) is 18.9 Å². The van der Waals surface area contributed by atoms with Crippen LogP contribution in [0.5, 0.6) is 0 Å². The monoisotopic (exact) mass is 286 g/mol. The summed E-state index contributed by atoms with van der Waals surface area (Å²) in [6.45, 7) is -0.382. The summed E-state index contributed by atoms with van der Waals surface area (Å²) < 4.78 is 38.3. The molecule has 0 unspecified atom stereocenters. The van der Waals surface area contributed by atoms with E-state index >= 15 is 0 Å². The van der Waals surface area contributed by atoms with Gasteiger partial charge in [-0.15, -0.1) is 0 Å². The van der Waals surface area contributed by atoms with Gasteiger partial charge in [0.1, 0.15) is 18.3 Å². The highest BCUT2D eigenvalue weighted by molar-refractivity contribution is 4.99. The Morgan fingerprint density at radius 3 is 2.65 bits per heavy atom. The number of nitrogens with zero attached hydrogens (tertiary/aromatic N) is 2. The van der Waals surface area contributed by atoms with Gasteiger partial charge in [-0.05, 0) is 13.0 Å². The number of aromatic nitrogens is 2. The van der Waals surface area contributed by atoms with Crippen LogP contribution in [0.25, 0.3) is 0 Å². The number of aryl methyl sites for hydroxylation is 1. The molecule has 0 N–H and O–H groups in total. The van der Waals surface area contributed by atoms with E-state index in [4.69, 9.17) is 21.7 Å². The maximum Gasteiger partial charge on any atom is 0.349 e. The average Bonchev–Trinajstić information content (AvgIpc) is 2.86. The normalized spacial score (nSPS) is 32.0. The van der Waals surface area contributed by atoms with E-state index in [1.54, 1.807) is 19.2 Å². The average molecular weight is 286 g/mol. The molecule has 1 aliphatic heterocycles. The molecule has 2 rings (SSSR count). The van der Waals surface area contributed by atoms with Crippen molar-refractivity contribution in [2.45, 2.75) is 31.5 Å². The summed E-state index contributed by atoms with van der Waals surface area (Å²) in [5.74, 6) is 0. The zero-order valence-electron chi connectivity index (χ0n) is 13.9. The molecule has 112 valence electrons. The zero-order chi connectivity index (χ0) is 16.5. The van der Waals surface area contributed by atoms with E-state index in [1.807, 2.05) is 0 Å². The summed E-state index contributed by atoms with van der Waals surface area (Å²) in [5, 5.41) is 0. The van der Waals surface area contributed by atoms with Crippen molar-refractivity contribution < 1.29 is 21.7 Å². The summed E-state index contributed by atoms with van der Waals surface area (Å²) in [6, 6.07) is 1.66. The van der Waals surface area contributed by atoms with Crippen LogP contribution in [0.4, 0.5) is 0 Å². The molecule has 0 bridgehead atoms. The highest BCUT2D eigenvalue weighted by Crippen LogP contribution is 2.32. The Balaban J connectivity index is 2.42. The molecule has 7 heteroatoms. The molecule has 0 saturated carbocycles. The molecule has 0 amide bonds. The summed E-state index contributed by atoms with van der Waals surface area (Å²) in [6.07, 6.45) is -1.78. The lowest BCUT2D eigenvalue weighted by atomic mass is 10.1. The molecular weight excluding hydrogens is 264 g/mol. The highest BCUT2D eigenvalue weighted by atomic mass is 16.6. The Labute approximate surface area is 120 Å². The Hall–Kier alpha value is -1.28. The third-order valence-electron chi connectivity index (χ3n) is 3.21. The quantitative estimate of drug-likeness (QED) is 0.766. The van der Waals surface area contributed by atoms with Crippen molar-refractivity contribution in [2.24, 2.45) is 0 Å². The standard InChI is InChI=1S/C13H20N2O5/c1-8-5-6-15(13(16)14-8)12-11(19-4)10(18-3)9(20-12)7-17-2/h5-6,9-12H,7H2,1-4H3/t9-,10-,11-,12-/m1/s1/i7D2. The highest BCUT2D eigenvalue weighted by Gasteiger charge is 2.46. The lowest BCUT2D eigenvalue weighted by Gasteiger charge is -2.22. The van der Waals surface area contributed by atoms with Gasteiger partial charge in [-0.3, -0.25) is 4.57 Å². The lowest BCUT2D eigenvalue weighted by molar-refractivity contribution is -0.0672. The first-order valence-electron chi connectivity index (χ1n) is 7.17. The van der Waals surface area contributed by atoms with Crippen LogP contribution in [0.1, 0.15) is 14.7 Å². The number of ether oxygens (including phenoxy) is 4. The van der Waals surface area contributed by atoms with Crippen molar-refractivity contribution in [3.05, 3.63) is 28.4 Å². The van der Waals surface area contributed by atoms with Crippen LogP contribution in [0.2, 0.25) is 0 Å². The van der Waals surface area contributed by atoms with Gasteiger partial charge in [-0.2, -0.15) is 4.98 Å². The molecular formula is C13H20N2O5. The van der Waals surface area contributed by atoms with Crippen molar-refractivity contribution in [3.8, 4) is 0 Å². The lowest BCUT2D eigenvalue weighted by Crippen LogP contribution is -2.38. The van der Waals surface area contributed by atoms with Gasteiger partial charge in [-0.25, -0.2) is 4.79 Å². The minimum Gasteiger partial charge on any atom is -0.382 e. The SMILES string of the molecule is [2H]C([2H])(OC)[C@H]1O[C@@H](n2ccc(C)nc2=O)[C@H](OC)[C@@H]1OC. The fourth-order valence-corrected chi connectivity index (χ4v) is 2.27. The summed E-state index contributed by atoms with van der Waals surface area (Å²) in [7, 11) is 4.12. The molecule has 20 heavy (non-hydrogen) atoms. The van der Waals surface area contributed by atoms with Crippen molar-refractivity contribution in [3.63, 3.8) is 0 Å². The third-order valence-corrected chi connectivity index (χ3v) is 3.21. The summed E-state index contributed by atoms with van der Waals surface area (Å²) >= 11 is 0. The first kappa shape index (κ1) is 12.5. The van der Waals surface area contributed by atoms with E-state index < -0.39 is 36.8 Å². The minimum absolute atomic E-state index is 0.500. The second-order valence-electron chi connectivity index (χ2n) is 4.43. The second-order valence-corrected chi connectivity index (χ2v) is 4.43.